The van der Waals surface area contributed by atoms with Crippen LogP contribution >= 0.6 is 0 Å². The van der Waals surface area contributed by atoms with Gasteiger partial charge in [-0.3, -0.25) is 0 Å². The maximum atomic E-state index is 9.37. The van der Waals surface area contributed by atoms with E-state index in [1.807, 2.05) is 13.8 Å². The molecule has 0 amide bonds. The van der Waals surface area contributed by atoms with Crippen LogP contribution in [0, 0.1) is 0 Å². The maximum Gasteiger partial charge on any atom is 0.135 e. The van der Waals surface area contributed by atoms with E-state index in [2.05, 4.69) is 15.3 Å². The first-order chi connectivity index (χ1) is 8.12. The van der Waals surface area contributed by atoms with Crippen LogP contribution in [0.25, 0.3) is 0 Å². The molecular weight excluding hydrogens is 220 g/mol. The molecule has 0 atom stereocenters. The van der Waals surface area contributed by atoms with Gasteiger partial charge in [0.05, 0.1) is 18.8 Å². The van der Waals surface area contributed by atoms with E-state index in [1.165, 1.54) is 6.33 Å². The number of nitrogens with one attached hydrogen (secondary N) is 1. The normalized spacial score (nSPS) is 11.5. The highest BCUT2D eigenvalue weighted by molar-refractivity contribution is 5.56. The van der Waals surface area contributed by atoms with Gasteiger partial charge in [0.25, 0.3) is 0 Å². The Morgan fingerprint density at radius 2 is 1.94 bits per heavy atom. The fourth-order valence-corrected chi connectivity index (χ4v) is 1.57. The van der Waals surface area contributed by atoms with Crippen LogP contribution in [-0.4, -0.2) is 38.9 Å². The average Bonchev–Trinajstić information content (AvgIpc) is 2.36. The minimum atomic E-state index is -0.773. The summed E-state index contributed by atoms with van der Waals surface area (Å²) in [7, 11) is 0. The van der Waals surface area contributed by atoms with Crippen molar-refractivity contribution in [2.45, 2.75) is 32.2 Å². The molecule has 0 aliphatic heterocycles. The largest absolute Gasteiger partial charge is 0.394 e. The van der Waals surface area contributed by atoms with Gasteiger partial charge in [-0.2, -0.15) is 0 Å². The van der Waals surface area contributed by atoms with Crippen molar-refractivity contribution in [1.82, 2.24) is 9.97 Å². The van der Waals surface area contributed by atoms with Gasteiger partial charge in [-0.15, -0.1) is 0 Å². The molecule has 1 heterocycles. The van der Waals surface area contributed by atoms with Gasteiger partial charge in [-0.05, 0) is 12.8 Å². The summed E-state index contributed by atoms with van der Waals surface area (Å²) in [6.07, 6.45) is 2.63. The van der Waals surface area contributed by atoms with Crippen LogP contribution in [-0.2, 0) is 6.42 Å². The number of hydrogen-bond donors (Lipinski definition) is 4. The number of nitrogen functional groups attached to an aromatic ring is 1. The highest BCUT2D eigenvalue weighted by atomic mass is 16.3. The molecule has 0 fully saturated rings. The van der Waals surface area contributed by atoms with Crippen molar-refractivity contribution >= 4 is 11.6 Å². The Labute approximate surface area is 101 Å². The number of hydrogen-bond acceptors (Lipinski definition) is 6. The van der Waals surface area contributed by atoms with Crippen LogP contribution in [0.1, 0.15) is 25.8 Å². The van der Waals surface area contributed by atoms with Gasteiger partial charge >= 0.3 is 0 Å². The molecule has 6 heteroatoms. The van der Waals surface area contributed by atoms with Gasteiger partial charge < -0.3 is 21.3 Å². The Balaban J connectivity index is 3.05. The van der Waals surface area contributed by atoms with E-state index in [0.29, 0.717) is 24.5 Å². The first kappa shape index (κ1) is 13.7. The second-order valence-electron chi connectivity index (χ2n) is 4.01. The summed E-state index contributed by atoms with van der Waals surface area (Å²) in [5, 5.41) is 21.8. The minimum Gasteiger partial charge on any atom is -0.394 e. The highest BCUT2D eigenvalue weighted by Crippen LogP contribution is 2.23. The zero-order chi connectivity index (χ0) is 12.9. The Bertz CT molecular complexity index is 358. The van der Waals surface area contributed by atoms with E-state index < -0.39 is 5.54 Å². The van der Waals surface area contributed by atoms with Crippen molar-refractivity contribution in [3.8, 4) is 0 Å². The molecule has 1 rings (SSSR count). The minimum absolute atomic E-state index is 0.174. The lowest BCUT2D eigenvalue weighted by Gasteiger charge is -2.31. The first-order valence-corrected chi connectivity index (χ1v) is 5.71. The highest BCUT2D eigenvalue weighted by Gasteiger charge is 2.27. The third-order valence-electron chi connectivity index (χ3n) is 3.00. The molecular formula is C11H20N4O2. The number of nitrogens with two attached hydrogens (primary N) is 1. The molecule has 5 N–H and O–H groups in total. The number of aromatic nitrogens is 2. The average molecular weight is 240 g/mol. The van der Waals surface area contributed by atoms with Gasteiger partial charge in [0.15, 0.2) is 0 Å². The maximum absolute atomic E-state index is 9.37. The number of rotatable bonds is 6. The van der Waals surface area contributed by atoms with Crippen molar-refractivity contribution in [1.29, 1.82) is 0 Å². The van der Waals surface area contributed by atoms with Crippen molar-refractivity contribution in [3.05, 3.63) is 11.9 Å². The lowest BCUT2D eigenvalue weighted by atomic mass is 9.98. The van der Waals surface area contributed by atoms with Crippen molar-refractivity contribution < 1.29 is 10.2 Å². The fourth-order valence-electron chi connectivity index (χ4n) is 1.57. The van der Waals surface area contributed by atoms with Gasteiger partial charge in [0, 0.05) is 5.56 Å². The molecule has 1 aromatic heterocycles. The second-order valence-corrected chi connectivity index (χ2v) is 4.01. The molecule has 0 aromatic carbocycles. The summed E-state index contributed by atoms with van der Waals surface area (Å²) in [4.78, 5) is 8.03. The first-order valence-electron chi connectivity index (χ1n) is 5.71. The zero-order valence-corrected chi connectivity index (χ0v) is 10.3. The smallest absolute Gasteiger partial charge is 0.135 e. The predicted octanol–water partition coefficient (Wildman–Crippen LogP) is 0.167. The molecule has 0 saturated heterocycles. The molecule has 0 radical (unpaired) electrons. The van der Waals surface area contributed by atoms with E-state index in [1.54, 1.807) is 0 Å². The van der Waals surface area contributed by atoms with Crippen LogP contribution in [0.3, 0.4) is 0 Å². The van der Waals surface area contributed by atoms with Crippen LogP contribution < -0.4 is 11.1 Å². The van der Waals surface area contributed by atoms with Gasteiger partial charge in [-0.25, -0.2) is 9.97 Å². The molecule has 17 heavy (non-hydrogen) atoms. The lowest BCUT2D eigenvalue weighted by molar-refractivity contribution is 0.132. The summed E-state index contributed by atoms with van der Waals surface area (Å²) in [6.45, 7) is 3.49. The molecule has 0 aliphatic carbocycles. The Morgan fingerprint density at radius 1 is 1.29 bits per heavy atom. The quantitative estimate of drug-likeness (QED) is 0.565. The molecule has 96 valence electrons. The second kappa shape index (κ2) is 5.79. The van der Waals surface area contributed by atoms with E-state index in [4.69, 9.17) is 5.73 Å². The lowest BCUT2D eigenvalue weighted by Crippen LogP contribution is -2.45. The standard InChI is InChI=1S/C11H20N4O2/c1-3-8-9(12)13-7-14-10(8)15-11(4-2,5-16)6-17/h7,16-17H,3-6H2,1-2H3,(H3,12,13,14,15). The van der Waals surface area contributed by atoms with E-state index in [9.17, 15) is 10.2 Å². The molecule has 0 unspecified atom stereocenters. The van der Waals surface area contributed by atoms with E-state index in [-0.39, 0.29) is 13.2 Å². The summed E-state index contributed by atoms with van der Waals surface area (Å²) < 4.78 is 0. The molecule has 0 aliphatic rings. The van der Waals surface area contributed by atoms with E-state index in [0.717, 1.165) is 5.56 Å². The number of aliphatic hydroxyl groups is 2. The van der Waals surface area contributed by atoms with E-state index >= 15 is 0 Å². The molecule has 6 nitrogen and oxygen atoms in total. The van der Waals surface area contributed by atoms with Crippen LogP contribution in [0.2, 0.25) is 0 Å². The fraction of sp³-hybridized carbons (Fsp3) is 0.636. The van der Waals surface area contributed by atoms with Crippen LogP contribution in [0.15, 0.2) is 6.33 Å². The predicted molar refractivity (Wildman–Crippen MR) is 66.6 cm³/mol. The molecule has 0 saturated carbocycles. The van der Waals surface area contributed by atoms with Gasteiger partial charge in [-0.1, -0.05) is 13.8 Å². The molecule has 1 aromatic rings. The Hall–Kier alpha value is -1.40. The number of aliphatic hydroxyl groups excluding tert-OH is 2. The Morgan fingerprint density at radius 3 is 2.41 bits per heavy atom. The molecule has 0 bridgehead atoms. The van der Waals surface area contributed by atoms with Gasteiger partial charge in [0.2, 0.25) is 0 Å². The van der Waals surface area contributed by atoms with Crippen molar-refractivity contribution in [2.75, 3.05) is 24.3 Å². The Kier molecular flexibility index (Phi) is 4.65. The topological polar surface area (TPSA) is 104 Å². The summed E-state index contributed by atoms with van der Waals surface area (Å²) in [6, 6.07) is 0. The number of anilines is 2. The van der Waals surface area contributed by atoms with Crippen molar-refractivity contribution in [3.63, 3.8) is 0 Å². The monoisotopic (exact) mass is 240 g/mol. The SMILES string of the molecule is CCc1c(N)ncnc1NC(CC)(CO)CO. The third kappa shape index (κ3) is 2.83. The molecule has 0 spiro atoms. The third-order valence-corrected chi connectivity index (χ3v) is 3.00. The summed E-state index contributed by atoms with van der Waals surface area (Å²) in [5.74, 6) is 0.996. The van der Waals surface area contributed by atoms with Crippen molar-refractivity contribution in [2.24, 2.45) is 0 Å². The zero-order valence-electron chi connectivity index (χ0n) is 10.3. The summed E-state index contributed by atoms with van der Waals surface area (Å²) >= 11 is 0. The summed E-state index contributed by atoms with van der Waals surface area (Å²) in [5.41, 5.74) is 5.78. The number of nitrogens with zero attached hydrogens (tertiary/aromatic N) is 2. The van der Waals surface area contributed by atoms with Gasteiger partial charge in [0.1, 0.15) is 18.0 Å². The van der Waals surface area contributed by atoms with Crippen LogP contribution in [0.4, 0.5) is 11.6 Å². The van der Waals surface area contributed by atoms with Crippen LogP contribution in [0.5, 0.6) is 0 Å².